The van der Waals surface area contributed by atoms with Gasteiger partial charge in [-0.1, -0.05) is 12.1 Å². The number of phenols is 2. The average Bonchev–Trinajstić information content (AvgIpc) is 3.01. The lowest BCUT2D eigenvalue weighted by Gasteiger charge is -2.40. The van der Waals surface area contributed by atoms with Crippen LogP contribution in [0.15, 0.2) is 35.7 Å². The molecule has 11 nitrogen and oxygen atoms in total. The monoisotopic (exact) mass is 665 g/mol. The van der Waals surface area contributed by atoms with Gasteiger partial charge >= 0.3 is 0 Å². The van der Waals surface area contributed by atoms with Gasteiger partial charge in [0.05, 0.1) is 0 Å². The average molecular weight is 666 g/mol. The fourth-order valence-corrected chi connectivity index (χ4v) is 6.96. The van der Waals surface area contributed by atoms with Gasteiger partial charge in [0, 0.05) is 125 Å². The quantitative estimate of drug-likeness (QED) is 0.180. The van der Waals surface area contributed by atoms with Crippen molar-refractivity contribution in [3.05, 3.63) is 69.0 Å². The Kier molecular flexibility index (Phi) is 12.8. The van der Waals surface area contributed by atoms with Crippen LogP contribution in [0.2, 0.25) is 0 Å². The number of aryl methyl sites for hydroxylation is 2. The molecule has 0 saturated carbocycles. The molecule has 3 saturated heterocycles. The Morgan fingerprint density at radius 1 is 0.667 bits per heavy atom. The van der Waals surface area contributed by atoms with E-state index in [9.17, 15) is 30.6 Å². The molecule has 0 aliphatic carbocycles. The van der Waals surface area contributed by atoms with Crippen LogP contribution in [0.25, 0.3) is 12.2 Å². The van der Waals surface area contributed by atoms with E-state index in [0.717, 1.165) is 116 Å². The fourth-order valence-electron chi connectivity index (χ4n) is 6.96. The molecule has 0 spiro atoms. The SMILES string of the molecule is Cc1cc(C=C2CCN2C(O)CCO)c(O)c(CN2CCCNCCN(Cc3cc(C)cc(C=C4CCN4C(O)CCO)c3O)CC2)c1. The Balaban J connectivity index is 1.28. The molecule has 5 rings (SSSR count). The maximum Gasteiger partial charge on any atom is 0.128 e. The summed E-state index contributed by atoms with van der Waals surface area (Å²) in [4.78, 5) is 8.51. The van der Waals surface area contributed by atoms with Crippen LogP contribution in [0.5, 0.6) is 11.5 Å². The van der Waals surface area contributed by atoms with Crippen LogP contribution in [-0.4, -0.2) is 128 Å². The van der Waals surface area contributed by atoms with Crippen LogP contribution in [0.4, 0.5) is 0 Å². The predicted molar refractivity (Wildman–Crippen MR) is 188 cm³/mol. The first-order valence-corrected chi connectivity index (χ1v) is 17.5. The van der Waals surface area contributed by atoms with Gasteiger partial charge in [-0.2, -0.15) is 0 Å². The molecule has 0 bridgehead atoms. The Bertz CT molecular complexity index is 1340. The van der Waals surface area contributed by atoms with E-state index in [-0.39, 0.29) is 24.7 Å². The Hall–Kier alpha value is -3.16. The molecule has 48 heavy (non-hydrogen) atoms. The van der Waals surface area contributed by atoms with Gasteiger partial charge in [0.2, 0.25) is 0 Å². The second-order valence-electron chi connectivity index (χ2n) is 13.5. The minimum atomic E-state index is -0.722. The van der Waals surface area contributed by atoms with Gasteiger partial charge < -0.3 is 45.8 Å². The van der Waals surface area contributed by atoms with Crippen molar-refractivity contribution in [3.63, 3.8) is 0 Å². The number of aromatic hydroxyl groups is 2. The molecule has 0 amide bonds. The minimum Gasteiger partial charge on any atom is -0.507 e. The first-order valence-electron chi connectivity index (χ1n) is 17.5. The summed E-state index contributed by atoms with van der Waals surface area (Å²) in [7, 11) is 0. The third kappa shape index (κ3) is 9.09. The first-order chi connectivity index (χ1) is 23.2. The Morgan fingerprint density at radius 3 is 1.58 bits per heavy atom. The van der Waals surface area contributed by atoms with E-state index in [0.29, 0.717) is 25.9 Å². The van der Waals surface area contributed by atoms with Gasteiger partial charge in [-0.25, -0.2) is 0 Å². The standard InChI is InChI=1S/C37H55N5O6/c1-26-18-28(22-32-4-11-41(32)34(45)6-16-43)36(47)30(20-26)24-39-10-3-8-38-9-13-40(15-14-39)25-31-21-27(2)19-29(37(31)48)23-33-5-12-42(33)35(46)7-17-44/h18-23,34-35,38,43-48H,3-17,24-25H2,1-2H3. The zero-order valence-electron chi connectivity index (χ0n) is 28.6. The second kappa shape index (κ2) is 17.0. The van der Waals surface area contributed by atoms with Gasteiger partial charge in [0.15, 0.2) is 0 Å². The van der Waals surface area contributed by atoms with Crippen molar-refractivity contribution < 1.29 is 30.6 Å². The molecule has 11 heteroatoms. The van der Waals surface area contributed by atoms with Gasteiger partial charge in [-0.05, 0) is 68.8 Å². The lowest BCUT2D eigenvalue weighted by Crippen LogP contribution is -2.43. The zero-order chi connectivity index (χ0) is 34.2. The van der Waals surface area contributed by atoms with Crippen LogP contribution in [0, 0.1) is 13.8 Å². The molecule has 3 heterocycles. The summed E-state index contributed by atoms with van der Waals surface area (Å²) in [5.74, 6) is 0.530. The number of aliphatic hydroxyl groups is 4. The number of rotatable bonds is 12. The van der Waals surface area contributed by atoms with E-state index < -0.39 is 12.5 Å². The van der Waals surface area contributed by atoms with Crippen molar-refractivity contribution in [1.29, 1.82) is 0 Å². The lowest BCUT2D eigenvalue weighted by atomic mass is 9.99. The molecule has 7 N–H and O–H groups in total. The van der Waals surface area contributed by atoms with Crippen LogP contribution in [-0.2, 0) is 13.1 Å². The Labute approximate surface area is 285 Å². The van der Waals surface area contributed by atoms with Crippen molar-refractivity contribution in [2.75, 3.05) is 65.6 Å². The number of phenolic OH excluding ortho intramolecular Hbond substituents is 2. The molecule has 0 radical (unpaired) electrons. The number of nitrogens with one attached hydrogen (secondary N) is 1. The van der Waals surface area contributed by atoms with Crippen LogP contribution in [0.3, 0.4) is 0 Å². The van der Waals surface area contributed by atoms with Crippen molar-refractivity contribution in [1.82, 2.24) is 24.9 Å². The smallest absolute Gasteiger partial charge is 0.128 e. The van der Waals surface area contributed by atoms with Gasteiger partial charge in [-0.3, -0.25) is 9.80 Å². The summed E-state index contributed by atoms with van der Waals surface area (Å²) < 4.78 is 0. The highest BCUT2D eigenvalue weighted by Gasteiger charge is 2.28. The molecule has 2 unspecified atom stereocenters. The number of aliphatic hydroxyl groups excluding tert-OH is 4. The van der Waals surface area contributed by atoms with E-state index in [4.69, 9.17) is 0 Å². The number of nitrogens with zero attached hydrogens (tertiary/aromatic N) is 4. The highest BCUT2D eigenvalue weighted by molar-refractivity contribution is 5.64. The lowest BCUT2D eigenvalue weighted by molar-refractivity contribution is -0.0162. The molecule has 3 aliphatic rings. The summed E-state index contributed by atoms with van der Waals surface area (Å²) in [6.45, 7) is 11.7. The molecule has 3 aliphatic heterocycles. The zero-order valence-corrected chi connectivity index (χ0v) is 28.6. The normalized spacial score (nSPS) is 21.3. The first kappa shape index (κ1) is 36.1. The van der Waals surface area contributed by atoms with Gasteiger partial charge in [-0.15, -0.1) is 0 Å². The summed E-state index contributed by atoms with van der Waals surface area (Å²) >= 11 is 0. The number of hydrogen-bond acceptors (Lipinski definition) is 11. The highest BCUT2D eigenvalue weighted by atomic mass is 16.3. The van der Waals surface area contributed by atoms with E-state index >= 15 is 0 Å². The van der Waals surface area contributed by atoms with E-state index in [2.05, 4.69) is 21.2 Å². The van der Waals surface area contributed by atoms with E-state index in [1.165, 1.54) is 0 Å². The van der Waals surface area contributed by atoms with Gasteiger partial charge in [0.25, 0.3) is 0 Å². The van der Waals surface area contributed by atoms with Crippen molar-refractivity contribution in [2.45, 2.75) is 71.5 Å². The van der Waals surface area contributed by atoms with Crippen molar-refractivity contribution in [2.24, 2.45) is 0 Å². The summed E-state index contributed by atoms with van der Waals surface area (Å²) in [6.07, 6.45) is 5.71. The Morgan fingerprint density at radius 2 is 1.15 bits per heavy atom. The molecular formula is C37H55N5O6. The predicted octanol–water partition coefficient (Wildman–Crippen LogP) is 2.51. The molecular weight excluding hydrogens is 610 g/mol. The van der Waals surface area contributed by atoms with Crippen molar-refractivity contribution >= 4 is 12.2 Å². The highest BCUT2D eigenvalue weighted by Crippen LogP contribution is 2.34. The molecule has 2 aromatic rings. The van der Waals surface area contributed by atoms with E-state index in [1.54, 1.807) is 0 Å². The maximum atomic E-state index is 11.4. The second-order valence-corrected chi connectivity index (χ2v) is 13.5. The third-order valence-electron chi connectivity index (χ3n) is 9.77. The van der Waals surface area contributed by atoms with E-state index in [1.807, 2.05) is 54.0 Å². The van der Waals surface area contributed by atoms with Crippen LogP contribution in [0.1, 0.15) is 65.5 Å². The van der Waals surface area contributed by atoms with Crippen molar-refractivity contribution in [3.8, 4) is 11.5 Å². The topological polar surface area (TPSA) is 146 Å². The number of likely N-dealkylation sites (tertiary alicyclic amines) is 2. The largest absolute Gasteiger partial charge is 0.507 e. The number of hydrogen-bond donors (Lipinski definition) is 7. The summed E-state index contributed by atoms with van der Waals surface area (Å²) in [5, 5.41) is 65.5. The maximum absolute atomic E-state index is 11.4. The summed E-state index contributed by atoms with van der Waals surface area (Å²) in [5.41, 5.74) is 7.30. The summed E-state index contributed by atoms with van der Waals surface area (Å²) in [6, 6.07) is 8.06. The van der Waals surface area contributed by atoms with Crippen LogP contribution >= 0.6 is 0 Å². The molecule has 2 aromatic carbocycles. The fraction of sp³-hybridized carbons (Fsp3) is 0.568. The molecule has 3 fully saturated rings. The molecule has 0 aromatic heterocycles. The van der Waals surface area contributed by atoms with Gasteiger partial charge in [0.1, 0.15) is 24.0 Å². The third-order valence-corrected chi connectivity index (χ3v) is 9.77. The minimum absolute atomic E-state index is 0.0731. The number of benzene rings is 2. The molecule has 264 valence electrons. The molecule has 2 atom stereocenters. The van der Waals surface area contributed by atoms with Crippen LogP contribution < -0.4 is 5.32 Å².